The van der Waals surface area contributed by atoms with Gasteiger partial charge in [0.1, 0.15) is 0 Å². The van der Waals surface area contributed by atoms with E-state index in [-0.39, 0.29) is 5.56 Å². The second-order valence-corrected chi connectivity index (χ2v) is 5.05. The minimum Gasteiger partial charge on any atom is -0.311 e. The van der Waals surface area contributed by atoms with E-state index in [4.69, 9.17) is 0 Å². The van der Waals surface area contributed by atoms with Crippen LogP contribution in [-0.2, 0) is 6.54 Å². The average molecular weight is 325 g/mol. The second-order valence-electron chi connectivity index (χ2n) is 3.80. The van der Waals surface area contributed by atoms with Crippen molar-refractivity contribution >= 4 is 22.6 Å². The third kappa shape index (κ3) is 2.72. The van der Waals surface area contributed by atoms with Crippen molar-refractivity contribution in [3.05, 3.63) is 67.6 Å². The molecule has 0 amide bonds. The van der Waals surface area contributed by atoms with Gasteiger partial charge in [0.25, 0.3) is 5.56 Å². The minimum absolute atomic E-state index is 0.0458. The van der Waals surface area contributed by atoms with Gasteiger partial charge in [-0.2, -0.15) is 0 Å². The maximum Gasteiger partial charge on any atom is 0.250 e. The predicted molar refractivity (Wildman–Crippen MR) is 73.7 cm³/mol. The molecule has 2 aromatic rings. The summed E-state index contributed by atoms with van der Waals surface area (Å²) < 4.78 is 2.93. The van der Waals surface area contributed by atoms with Crippen molar-refractivity contribution in [1.29, 1.82) is 0 Å². The number of aryl methyl sites for hydroxylation is 1. The molecule has 0 bridgehead atoms. The van der Waals surface area contributed by atoms with Gasteiger partial charge in [0.2, 0.25) is 0 Å². The Morgan fingerprint density at radius 3 is 2.81 bits per heavy atom. The van der Waals surface area contributed by atoms with E-state index in [1.165, 1.54) is 3.57 Å². The molecule has 0 atom stereocenters. The topological polar surface area (TPSA) is 22.0 Å². The highest BCUT2D eigenvalue weighted by molar-refractivity contribution is 14.1. The van der Waals surface area contributed by atoms with E-state index in [0.717, 1.165) is 11.1 Å². The maximum absolute atomic E-state index is 11.6. The average Bonchev–Trinajstić information content (AvgIpc) is 2.24. The van der Waals surface area contributed by atoms with Crippen LogP contribution in [0.25, 0.3) is 0 Å². The van der Waals surface area contributed by atoms with Crippen LogP contribution in [0, 0.1) is 10.5 Å². The highest BCUT2D eigenvalue weighted by atomic mass is 127. The second kappa shape index (κ2) is 4.82. The zero-order chi connectivity index (χ0) is 11.5. The number of nitrogens with zero attached hydrogens (tertiary/aromatic N) is 1. The van der Waals surface area contributed by atoms with Crippen LogP contribution in [0.1, 0.15) is 11.1 Å². The molecule has 0 radical (unpaired) electrons. The molecule has 0 fully saturated rings. The molecule has 0 spiro atoms. The van der Waals surface area contributed by atoms with Crippen molar-refractivity contribution in [2.24, 2.45) is 0 Å². The molecule has 1 aromatic heterocycles. The molecule has 0 aliphatic heterocycles. The van der Waals surface area contributed by atoms with E-state index in [2.05, 4.69) is 28.7 Å². The Morgan fingerprint density at radius 1 is 1.25 bits per heavy atom. The lowest BCUT2D eigenvalue weighted by Gasteiger charge is -2.06. The molecule has 1 heterocycles. The molecule has 2 nitrogen and oxygen atoms in total. The largest absolute Gasteiger partial charge is 0.311 e. The standard InChI is InChI=1S/C13H12INO/c1-10-5-6-13(16)15(8-10)9-11-3-2-4-12(14)7-11/h2-8H,9H2,1H3. The van der Waals surface area contributed by atoms with Crippen LogP contribution in [0.3, 0.4) is 0 Å². The highest BCUT2D eigenvalue weighted by Crippen LogP contribution is 2.08. The first-order valence-corrected chi connectivity index (χ1v) is 6.14. The number of halogens is 1. The van der Waals surface area contributed by atoms with Gasteiger partial charge in [-0.05, 0) is 52.8 Å². The van der Waals surface area contributed by atoms with Gasteiger partial charge in [-0.3, -0.25) is 4.79 Å². The Balaban J connectivity index is 2.34. The monoisotopic (exact) mass is 325 g/mol. The number of pyridine rings is 1. The van der Waals surface area contributed by atoms with Gasteiger partial charge in [-0.25, -0.2) is 0 Å². The van der Waals surface area contributed by atoms with Crippen LogP contribution >= 0.6 is 22.6 Å². The van der Waals surface area contributed by atoms with Crippen molar-refractivity contribution in [3.63, 3.8) is 0 Å². The lowest BCUT2D eigenvalue weighted by atomic mass is 10.2. The summed E-state index contributed by atoms with van der Waals surface area (Å²) in [5.74, 6) is 0. The number of hydrogen-bond donors (Lipinski definition) is 0. The Morgan fingerprint density at radius 2 is 2.06 bits per heavy atom. The van der Waals surface area contributed by atoms with Crippen molar-refractivity contribution in [1.82, 2.24) is 4.57 Å². The molecule has 16 heavy (non-hydrogen) atoms. The molecule has 0 N–H and O–H groups in total. The van der Waals surface area contributed by atoms with Crippen LogP contribution in [0.15, 0.2) is 47.4 Å². The van der Waals surface area contributed by atoms with E-state index in [1.54, 1.807) is 10.6 Å². The molecular weight excluding hydrogens is 313 g/mol. The molecule has 0 saturated heterocycles. The Bertz CT molecular complexity index is 560. The predicted octanol–water partition coefficient (Wildman–Crippen LogP) is 2.81. The first-order valence-electron chi connectivity index (χ1n) is 5.07. The Kier molecular flexibility index (Phi) is 3.43. The van der Waals surface area contributed by atoms with E-state index < -0.39 is 0 Å². The zero-order valence-corrected chi connectivity index (χ0v) is 11.1. The molecule has 2 rings (SSSR count). The van der Waals surface area contributed by atoms with Crippen molar-refractivity contribution in [2.45, 2.75) is 13.5 Å². The summed E-state index contributed by atoms with van der Waals surface area (Å²) in [7, 11) is 0. The number of rotatable bonds is 2. The lowest BCUT2D eigenvalue weighted by molar-refractivity contribution is 0.754. The quantitative estimate of drug-likeness (QED) is 0.779. The Hall–Kier alpha value is -1.10. The molecule has 0 aliphatic rings. The molecular formula is C13H12INO. The van der Waals surface area contributed by atoms with E-state index in [9.17, 15) is 4.79 Å². The molecule has 1 aromatic carbocycles. The fourth-order valence-electron chi connectivity index (χ4n) is 1.61. The van der Waals surface area contributed by atoms with Gasteiger partial charge in [0.15, 0.2) is 0 Å². The summed E-state index contributed by atoms with van der Waals surface area (Å²) in [6, 6.07) is 11.6. The molecule has 0 aliphatic carbocycles. The van der Waals surface area contributed by atoms with Gasteiger partial charge >= 0.3 is 0 Å². The van der Waals surface area contributed by atoms with Crippen molar-refractivity contribution in [3.8, 4) is 0 Å². The number of hydrogen-bond acceptors (Lipinski definition) is 1. The summed E-state index contributed by atoms with van der Waals surface area (Å²) in [4.78, 5) is 11.6. The number of aromatic nitrogens is 1. The summed E-state index contributed by atoms with van der Waals surface area (Å²) in [6.45, 7) is 2.63. The fraction of sp³-hybridized carbons (Fsp3) is 0.154. The number of benzene rings is 1. The normalized spacial score (nSPS) is 10.4. The maximum atomic E-state index is 11.6. The summed E-state index contributed by atoms with van der Waals surface area (Å²) in [6.07, 6.45) is 1.89. The smallest absolute Gasteiger partial charge is 0.250 e. The Labute approximate surface area is 108 Å². The first kappa shape index (κ1) is 11.4. The van der Waals surface area contributed by atoms with Crippen LogP contribution < -0.4 is 5.56 Å². The van der Waals surface area contributed by atoms with Gasteiger partial charge in [-0.15, -0.1) is 0 Å². The summed E-state index contributed by atoms with van der Waals surface area (Å²) >= 11 is 2.28. The van der Waals surface area contributed by atoms with Crippen LogP contribution in [0.4, 0.5) is 0 Å². The van der Waals surface area contributed by atoms with Gasteiger partial charge < -0.3 is 4.57 Å². The van der Waals surface area contributed by atoms with Crippen LogP contribution in [0.2, 0.25) is 0 Å². The fourth-order valence-corrected chi connectivity index (χ4v) is 2.21. The summed E-state index contributed by atoms with van der Waals surface area (Å²) in [5.41, 5.74) is 2.30. The minimum atomic E-state index is 0.0458. The zero-order valence-electron chi connectivity index (χ0n) is 8.98. The van der Waals surface area contributed by atoms with E-state index >= 15 is 0 Å². The van der Waals surface area contributed by atoms with Crippen LogP contribution in [0.5, 0.6) is 0 Å². The SMILES string of the molecule is Cc1ccc(=O)n(Cc2cccc(I)c2)c1. The molecule has 0 saturated carbocycles. The van der Waals surface area contributed by atoms with Crippen molar-refractivity contribution in [2.75, 3.05) is 0 Å². The first-order chi connectivity index (χ1) is 7.65. The van der Waals surface area contributed by atoms with Gasteiger partial charge in [0.05, 0.1) is 6.54 Å². The van der Waals surface area contributed by atoms with Crippen LogP contribution in [-0.4, -0.2) is 4.57 Å². The van der Waals surface area contributed by atoms with Gasteiger partial charge in [-0.1, -0.05) is 18.2 Å². The third-order valence-corrected chi connectivity index (χ3v) is 3.04. The van der Waals surface area contributed by atoms with Gasteiger partial charge in [0, 0.05) is 15.8 Å². The third-order valence-electron chi connectivity index (χ3n) is 2.37. The molecule has 82 valence electrons. The van der Waals surface area contributed by atoms with Crippen molar-refractivity contribution < 1.29 is 0 Å². The summed E-state index contributed by atoms with van der Waals surface area (Å²) in [5, 5.41) is 0. The van der Waals surface area contributed by atoms with E-state index in [1.807, 2.05) is 37.4 Å². The highest BCUT2D eigenvalue weighted by Gasteiger charge is 1.98. The molecule has 0 unspecified atom stereocenters. The lowest BCUT2D eigenvalue weighted by Crippen LogP contribution is -2.19. The molecule has 3 heteroatoms. The van der Waals surface area contributed by atoms with E-state index in [0.29, 0.717) is 6.54 Å².